The van der Waals surface area contributed by atoms with Crippen LogP contribution in [0.3, 0.4) is 0 Å². The molecule has 7 nitrogen and oxygen atoms in total. The molecule has 1 aliphatic heterocycles. The van der Waals surface area contributed by atoms with Crippen molar-refractivity contribution in [1.29, 1.82) is 0 Å². The SMILES string of the molecule is NC1(C2CCC(F)(F)C2)N=C(c2cncc(C(F)(F)F)n2)NC(=NC2CCC(F)(F)C2)N1. The van der Waals surface area contributed by atoms with Gasteiger partial charge in [0.1, 0.15) is 5.69 Å². The molecule has 32 heavy (non-hydrogen) atoms. The smallest absolute Gasteiger partial charge is 0.319 e. The Hall–Kier alpha value is -2.51. The summed E-state index contributed by atoms with van der Waals surface area (Å²) in [6.45, 7) is 0. The molecule has 2 fully saturated rings. The van der Waals surface area contributed by atoms with Crippen LogP contribution in [0.2, 0.25) is 0 Å². The maximum atomic E-state index is 13.8. The number of nitrogens with zero attached hydrogens (tertiary/aromatic N) is 4. The topological polar surface area (TPSA) is 101 Å². The number of aliphatic imine (C=N–C) groups is 2. The van der Waals surface area contributed by atoms with Crippen molar-refractivity contribution in [3.63, 3.8) is 0 Å². The summed E-state index contributed by atoms with van der Waals surface area (Å²) in [7, 11) is 0. The van der Waals surface area contributed by atoms with Crippen LogP contribution in [-0.2, 0) is 6.18 Å². The highest BCUT2D eigenvalue weighted by atomic mass is 19.4. The van der Waals surface area contributed by atoms with Gasteiger partial charge in [0.25, 0.3) is 0 Å². The van der Waals surface area contributed by atoms with Gasteiger partial charge in [0.15, 0.2) is 23.3 Å². The lowest BCUT2D eigenvalue weighted by atomic mass is 9.98. The summed E-state index contributed by atoms with van der Waals surface area (Å²) in [6.07, 6.45) is -5.10. The van der Waals surface area contributed by atoms with E-state index in [1.807, 2.05) is 0 Å². The summed E-state index contributed by atoms with van der Waals surface area (Å²) in [4.78, 5) is 15.3. The largest absolute Gasteiger partial charge is 0.434 e. The van der Waals surface area contributed by atoms with Gasteiger partial charge in [-0.1, -0.05) is 0 Å². The van der Waals surface area contributed by atoms with Crippen molar-refractivity contribution in [1.82, 2.24) is 20.6 Å². The Morgan fingerprint density at radius 3 is 2.31 bits per heavy atom. The second-order valence-corrected chi connectivity index (χ2v) is 8.35. The monoisotopic (exact) mass is 467 g/mol. The van der Waals surface area contributed by atoms with E-state index < -0.39 is 60.7 Å². The van der Waals surface area contributed by atoms with Crippen molar-refractivity contribution < 1.29 is 30.7 Å². The van der Waals surface area contributed by atoms with E-state index in [4.69, 9.17) is 5.73 Å². The minimum absolute atomic E-state index is 0.00364. The van der Waals surface area contributed by atoms with Crippen molar-refractivity contribution in [2.24, 2.45) is 21.6 Å². The van der Waals surface area contributed by atoms with Crippen molar-refractivity contribution >= 4 is 11.8 Å². The van der Waals surface area contributed by atoms with E-state index in [2.05, 4.69) is 30.6 Å². The van der Waals surface area contributed by atoms with Crippen LogP contribution in [0, 0.1) is 5.92 Å². The van der Waals surface area contributed by atoms with E-state index in [1.165, 1.54) is 0 Å². The number of alkyl halides is 7. The number of nitrogens with one attached hydrogen (secondary N) is 2. The number of nitrogens with two attached hydrogens (primary N) is 1. The zero-order chi connectivity index (χ0) is 23.4. The number of hydrogen-bond acceptors (Lipinski definition) is 5. The van der Waals surface area contributed by atoms with Crippen molar-refractivity contribution in [3.05, 3.63) is 23.8 Å². The molecule has 0 bridgehead atoms. The fraction of sp³-hybridized carbons (Fsp3) is 0.667. The van der Waals surface area contributed by atoms with Crippen LogP contribution >= 0.6 is 0 Å². The summed E-state index contributed by atoms with van der Waals surface area (Å²) in [5.41, 5.74) is 4.65. The molecule has 14 heteroatoms. The molecule has 2 heterocycles. The summed E-state index contributed by atoms with van der Waals surface area (Å²) in [5, 5.41) is 5.30. The molecule has 0 aromatic carbocycles. The number of rotatable bonds is 3. The van der Waals surface area contributed by atoms with Gasteiger partial charge in [0.2, 0.25) is 11.8 Å². The first kappa shape index (κ1) is 22.7. The molecule has 4 rings (SSSR count). The van der Waals surface area contributed by atoms with Crippen molar-refractivity contribution in [3.8, 4) is 0 Å². The van der Waals surface area contributed by atoms with Gasteiger partial charge >= 0.3 is 6.18 Å². The average molecular weight is 467 g/mol. The normalized spacial score (nSPS) is 33.0. The summed E-state index contributed by atoms with van der Waals surface area (Å²) in [5.74, 6) is -9.02. The Morgan fingerprint density at radius 2 is 1.72 bits per heavy atom. The summed E-state index contributed by atoms with van der Waals surface area (Å²) < 4.78 is 94.0. The highest BCUT2D eigenvalue weighted by Crippen LogP contribution is 2.43. The van der Waals surface area contributed by atoms with Gasteiger partial charge in [0, 0.05) is 31.6 Å². The highest BCUT2D eigenvalue weighted by Gasteiger charge is 2.50. The zero-order valence-corrected chi connectivity index (χ0v) is 16.6. The lowest BCUT2D eigenvalue weighted by molar-refractivity contribution is -0.141. The van der Waals surface area contributed by atoms with Crippen LogP contribution in [-0.4, -0.2) is 45.4 Å². The number of amidine groups is 1. The predicted molar refractivity (Wildman–Crippen MR) is 99.1 cm³/mol. The molecule has 0 amide bonds. The van der Waals surface area contributed by atoms with Crippen LogP contribution in [0.25, 0.3) is 0 Å². The van der Waals surface area contributed by atoms with Gasteiger partial charge in [-0.25, -0.2) is 32.5 Å². The molecular formula is C18H20F7N7. The Labute approximate surface area is 177 Å². The van der Waals surface area contributed by atoms with Gasteiger partial charge in [-0.05, 0) is 12.8 Å². The number of guanidine groups is 1. The Balaban J connectivity index is 1.70. The second-order valence-electron chi connectivity index (χ2n) is 8.35. The van der Waals surface area contributed by atoms with E-state index in [1.54, 1.807) is 0 Å². The van der Waals surface area contributed by atoms with Crippen LogP contribution in [0.1, 0.15) is 49.9 Å². The maximum absolute atomic E-state index is 13.8. The molecule has 2 aliphatic carbocycles. The molecule has 0 saturated heterocycles. The molecule has 3 aliphatic rings. The summed E-state index contributed by atoms with van der Waals surface area (Å²) in [6, 6.07) is -0.791. The van der Waals surface area contributed by atoms with Crippen molar-refractivity contribution in [2.45, 2.75) is 68.4 Å². The molecule has 1 aromatic heterocycles. The first-order valence-electron chi connectivity index (χ1n) is 9.92. The average Bonchev–Trinajstić information content (AvgIpc) is 3.22. The summed E-state index contributed by atoms with van der Waals surface area (Å²) >= 11 is 0. The molecule has 3 unspecified atom stereocenters. The molecular weight excluding hydrogens is 447 g/mol. The van der Waals surface area contributed by atoms with E-state index in [0.29, 0.717) is 6.20 Å². The molecule has 0 spiro atoms. The molecule has 176 valence electrons. The number of aromatic nitrogens is 2. The van der Waals surface area contributed by atoms with Gasteiger partial charge in [-0.3, -0.25) is 10.7 Å². The third-order valence-electron chi connectivity index (χ3n) is 5.74. The second kappa shape index (κ2) is 7.52. The van der Waals surface area contributed by atoms with Crippen LogP contribution < -0.4 is 16.4 Å². The molecule has 1 aromatic rings. The van der Waals surface area contributed by atoms with Crippen LogP contribution in [0.15, 0.2) is 22.4 Å². The Morgan fingerprint density at radius 1 is 1.03 bits per heavy atom. The van der Waals surface area contributed by atoms with E-state index in [9.17, 15) is 30.7 Å². The number of halogens is 7. The quantitative estimate of drug-likeness (QED) is 0.594. The maximum Gasteiger partial charge on any atom is 0.434 e. The predicted octanol–water partition coefficient (Wildman–Crippen LogP) is 3.03. The fourth-order valence-electron chi connectivity index (χ4n) is 4.11. The third kappa shape index (κ3) is 4.79. The Kier molecular flexibility index (Phi) is 5.33. The molecule has 3 atom stereocenters. The lowest BCUT2D eigenvalue weighted by Gasteiger charge is -2.38. The van der Waals surface area contributed by atoms with Gasteiger partial charge in [-0.2, -0.15) is 13.2 Å². The molecule has 0 radical (unpaired) electrons. The molecule has 4 N–H and O–H groups in total. The molecule has 2 saturated carbocycles. The van der Waals surface area contributed by atoms with Gasteiger partial charge in [-0.15, -0.1) is 0 Å². The Bertz CT molecular complexity index is 946. The van der Waals surface area contributed by atoms with E-state index in [0.717, 1.165) is 6.20 Å². The first-order chi connectivity index (χ1) is 14.7. The fourth-order valence-corrected chi connectivity index (χ4v) is 4.11. The first-order valence-corrected chi connectivity index (χ1v) is 9.92. The number of hydrogen-bond donors (Lipinski definition) is 3. The standard InChI is InChI=1S/C18H20F7N7/c19-15(20)3-1-9(5-15)18(26)31-13(11-7-27-8-12(29-11)17(23,24)25)30-14(32-18)28-10-2-4-16(21,22)6-10/h7-10H,1-6,26H2,(H2,28,30,31,32). The third-order valence-corrected chi connectivity index (χ3v) is 5.74. The van der Waals surface area contributed by atoms with E-state index in [-0.39, 0.29) is 36.8 Å². The van der Waals surface area contributed by atoms with Gasteiger partial charge in [0.05, 0.1) is 18.4 Å². The minimum Gasteiger partial charge on any atom is -0.319 e. The highest BCUT2D eigenvalue weighted by molar-refractivity contribution is 6.09. The lowest BCUT2D eigenvalue weighted by Crippen LogP contribution is -2.66. The zero-order valence-electron chi connectivity index (χ0n) is 16.6. The van der Waals surface area contributed by atoms with Crippen LogP contribution in [0.4, 0.5) is 30.7 Å². The van der Waals surface area contributed by atoms with Crippen LogP contribution in [0.5, 0.6) is 0 Å². The van der Waals surface area contributed by atoms with Crippen molar-refractivity contribution in [2.75, 3.05) is 0 Å². The minimum atomic E-state index is -4.78. The van der Waals surface area contributed by atoms with E-state index >= 15 is 0 Å². The van der Waals surface area contributed by atoms with Gasteiger partial charge < -0.3 is 10.6 Å².